The summed E-state index contributed by atoms with van der Waals surface area (Å²) in [6.07, 6.45) is 2.03. The Balaban J connectivity index is 2.30. The van der Waals surface area contributed by atoms with Crippen LogP contribution in [0.3, 0.4) is 0 Å². The molecule has 0 saturated heterocycles. The molecule has 0 amide bonds. The van der Waals surface area contributed by atoms with E-state index in [1.54, 1.807) is 23.9 Å². The normalized spacial score (nSPS) is 10.4. The molecule has 0 bridgehead atoms. The van der Waals surface area contributed by atoms with Gasteiger partial charge in [-0.05, 0) is 36.6 Å². The summed E-state index contributed by atoms with van der Waals surface area (Å²) in [5.41, 5.74) is 8.18. The minimum atomic E-state index is 0.456. The molecule has 2 rings (SSSR count). The number of hydrogen-bond acceptors (Lipinski definition) is 3. The number of thioether (sulfide) groups is 1. The average molecular weight is 299 g/mol. The second kappa shape index (κ2) is 5.74. The molecule has 0 unspecified atom stereocenters. The van der Waals surface area contributed by atoms with Gasteiger partial charge in [0, 0.05) is 10.6 Å². The molecular formula is C13H12Cl2N2S. The molecule has 0 aliphatic rings. The van der Waals surface area contributed by atoms with Crippen LogP contribution in [0.4, 0.5) is 17.1 Å². The Hall–Kier alpha value is -1.03. The van der Waals surface area contributed by atoms with Crippen molar-refractivity contribution in [2.75, 3.05) is 17.3 Å². The fourth-order valence-corrected chi connectivity index (χ4v) is 2.32. The lowest BCUT2D eigenvalue weighted by Crippen LogP contribution is -1.96. The molecule has 0 radical (unpaired) electrons. The minimum Gasteiger partial charge on any atom is -0.397 e. The molecule has 2 aromatic carbocycles. The summed E-state index contributed by atoms with van der Waals surface area (Å²) in [6.45, 7) is 0. The summed E-state index contributed by atoms with van der Waals surface area (Å²) in [5, 5.41) is 4.17. The highest BCUT2D eigenvalue weighted by Crippen LogP contribution is 2.33. The first-order valence-electron chi connectivity index (χ1n) is 5.26. The fraction of sp³-hybridized carbons (Fsp3) is 0.0769. The van der Waals surface area contributed by atoms with Crippen molar-refractivity contribution in [3.63, 3.8) is 0 Å². The average Bonchev–Trinajstić information content (AvgIpc) is 2.36. The van der Waals surface area contributed by atoms with Gasteiger partial charge in [-0.3, -0.25) is 0 Å². The molecule has 2 nitrogen and oxygen atoms in total. The number of halogens is 2. The molecule has 94 valence electrons. The van der Waals surface area contributed by atoms with E-state index in [-0.39, 0.29) is 0 Å². The van der Waals surface area contributed by atoms with Gasteiger partial charge in [-0.2, -0.15) is 0 Å². The molecule has 0 aromatic heterocycles. The van der Waals surface area contributed by atoms with Gasteiger partial charge < -0.3 is 11.1 Å². The maximum absolute atomic E-state index is 5.98. The lowest BCUT2D eigenvalue weighted by atomic mass is 10.2. The Bertz CT molecular complexity index is 573. The van der Waals surface area contributed by atoms with Crippen LogP contribution in [0.15, 0.2) is 41.3 Å². The van der Waals surface area contributed by atoms with Crippen LogP contribution in [0.1, 0.15) is 0 Å². The summed E-state index contributed by atoms with van der Waals surface area (Å²) in [6, 6.07) is 11.4. The van der Waals surface area contributed by atoms with Crippen LogP contribution < -0.4 is 11.1 Å². The molecular weight excluding hydrogens is 287 g/mol. The third-order valence-corrected chi connectivity index (χ3v) is 3.89. The maximum atomic E-state index is 5.98. The summed E-state index contributed by atoms with van der Waals surface area (Å²) in [4.78, 5) is 1.18. The van der Waals surface area contributed by atoms with Crippen molar-refractivity contribution in [3.8, 4) is 0 Å². The van der Waals surface area contributed by atoms with E-state index < -0.39 is 0 Å². The van der Waals surface area contributed by atoms with Crippen molar-refractivity contribution < 1.29 is 0 Å². The Kier molecular flexibility index (Phi) is 4.27. The molecule has 0 spiro atoms. The second-order valence-electron chi connectivity index (χ2n) is 3.71. The summed E-state index contributed by atoms with van der Waals surface area (Å²) >= 11 is 13.6. The van der Waals surface area contributed by atoms with Crippen molar-refractivity contribution in [2.45, 2.75) is 4.90 Å². The van der Waals surface area contributed by atoms with Crippen molar-refractivity contribution in [3.05, 3.63) is 46.4 Å². The van der Waals surface area contributed by atoms with Crippen LogP contribution in [-0.4, -0.2) is 6.26 Å². The first kappa shape index (κ1) is 13.4. The van der Waals surface area contributed by atoms with Crippen LogP contribution in [0.25, 0.3) is 0 Å². The van der Waals surface area contributed by atoms with Gasteiger partial charge in [0.15, 0.2) is 0 Å². The zero-order chi connectivity index (χ0) is 13.1. The van der Waals surface area contributed by atoms with E-state index in [0.29, 0.717) is 15.7 Å². The zero-order valence-electron chi connectivity index (χ0n) is 9.71. The second-order valence-corrected chi connectivity index (χ2v) is 5.40. The van der Waals surface area contributed by atoms with Gasteiger partial charge in [-0.15, -0.1) is 11.8 Å². The third-order valence-electron chi connectivity index (χ3n) is 2.44. The number of benzene rings is 2. The van der Waals surface area contributed by atoms with E-state index in [2.05, 4.69) is 5.32 Å². The van der Waals surface area contributed by atoms with E-state index in [1.807, 2.05) is 30.5 Å². The maximum Gasteiger partial charge on any atom is 0.0633 e. The first-order chi connectivity index (χ1) is 8.60. The molecule has 0 aliphatic heterocycles. The molecule has 0 saturated carbocycles. The predicted octanol–water partition coefficient (Wildman–Crippen LogP) is 5.04. The molecule has 0 atom stereocenters. The van der Waals surface area contributed by atoms with E-state index in [1.165, 1.54) is 4.90 Å². The third kappa shape index (κ3) is 3.05. The van der Waals surface area contributed by atoms with E-state index in [4.69, 9.17) is 28.9 Å². The molecule has 5 heteroatoms. The van der Waals surface area contributed by atoms with Gasteiger partial charge in [0.05, 0.1) is 21.4 Å². The minimum absolute atomic E-state index is 0.456. The van der Waals surface area contributed by atoms with Crippen molar-refractivity contribution in [2.24, 2.45) is 0 Å². The standard InChI is InChI=1S/C13H12Cl2N2S/c1-18-9-4-2-3-8(5-9)17-13-7-11(15)10(14)6-12(13)16/h2-7,17H,16H2,1H3. The van der Waals surface area contributed by atoms with Gasteiger partial charge in [-0.25, -0.2) is 0 Å². The molecule has 0 heterocycles. The van der Waals surface area contributed by atoms with Gasteiger partial charge in [0.1, 0.15) is 0 Å². The predicted molar refractivity (Wildman–Crippen MR) is 82.4 cm³/mol. The van der Waals surface area contributed by atoms with Crippen molar-refractivity contribution in [1.82, 2.24) is 0 Å². The lowest BCUT2D eigenvalue weighted by molar-refractivity contribution is 1.44. The topological polar surface area (TPSA) is 38.0 Å². The van der Waals surface area contributed by atoms with Crippen molar-refractivity contribution in [1.29, 1.82) is 0 Å². The Morgan fingerprint density at radius 2 is 1.83 bits per heavy atom. The van der Waals surface area contributed by atoms with Crippen LogP contribution in [0.2, 0.25) is 10.0 Å². The largest absolute Gasteiger partial charge is 0.397 e. The Morgan fingerprint density at radius 3 is 2.56 bits per heavy atom. The van der Waals surface area contributed by atoms with E-state index >= 15 is 0 Å². The van der Waals surface area contributed by atoms with Crippen LogP contribution in [-0.2, 0) is 0 Å². The first-order valence-corrected chi connectivity index (χ1v) is 7.24. The molecule has 3 N–H and O–H groups in total. The number of hydrogen-bond donors (Lipinski definition) is 2. The molecule has 0 fully saturated rings. The zero-order valence-corrected chi connectivity index (χ0v) is 12.0. The molecule has 0 aliphatic carbocycles. The highest BCUT2D eigenvalue weighted by atomic mass is 35.5. The van der Waals surface area contributed by atoms with Gasteiger partial charge in [0.25, 0.3) is 0 Å². The van der Waals surface area contributed by atoms with Crippen LogP contribution in [0, 0.1) is 0 Å². The summed E-state index contributed by atoms with van der Waals surface area (Å²) < 4.78 is 0. The quantitative estimate of drug-likeness (QED) is 0.616. The highest BCUT2D eigenvalue weighted by molar-refractivity contribution is 7.98. The van der Waals surface area contributed by atoms with Crippen LogP contribution >= 0.6 is 35.0 Å². The number of nitrogens with one attached hydrogen (secondary N) is 1. The lowest BCUT2D eigenvalue weighted by Gasteiger charge is -2.11. The van der Waals surface area contributed by atoms with E-state index in [0.717, 1.165) is 11.4 Å². The summed E-state index contributed by atoms with van der Waals surface area (Å²) in [7, 11) is 0. The Morgan fingerprint density at radius 1 is 1.11 bits per heavy atom. The van der Waals surface area contributed by atoms with Crippen LogP contribution in [0.5, 0.6) is 0 Å². The summed E-state index contributed by atoms with van der Waals surface area (Å²) in [5.74, 6) is 0. The highest BCUT2D eigenvalue weighted by Gasteiger charge is 2.05. The molecule has 18 heavy (non-hydrogen) atoms. The van der Waals surface area contributed by atoms with Gasteiger partial charge >= 0.3 is 0 Å². The van der Waals surface area contributed by atoms with Gasteiger partial charge in [0.2, 0.25) is 0 Å². The molecule has 2 aromatic rings. The Labute approximate surface area is 120 Å². The van der Waals surface area contributed by atoms with Gasteiger partial charge in [-0.1, -0.05) is 29.3 Å². The monoisotopic (exact) mass is 298 g/mol. The smallest absolute Gasteiger partial charge is 0.0633 e. The number of anilines is 3. The number of rotatable bonds is 3. The SMILES string of the molecule is CSc1cccc(Nc2cc(Cl)c(Cl)cc2N)c1. The number of nitrogens with two attached hydrogens (primary N) is 1. The van der Waals surface area contributed by atoms with Crippen molar-refractivity contribution >= 4 is 52.0 Å². The number of nitrogen functional groups attached to an aromatic ring is 1. The fourth-order valence-electron chi connectivity index (χ4n) is 1.53. The van der Waals surface area contributed by atoms with E-state index in [9.17, 15) is 0 Å².